The summed E-state index contributed by atoms with van der Waals surface area (Å²) in [5.74, 6) is 0.490. The number of amides is 2. The first kappa shape index (κ1) is 23.8. The van der Waals surface area contributed by atoms with E-state index in [4.69, 9.17) is 9.97 Å². The molecule has 2 heterocycles. The Hall–Kier alpha value is -2.83. The molecule has 32 heavy (non-hydrogen) atoms. The Balaban J connectivity index is 1.68. The first-order valence-corrected chi connectivity index (χ1v) is 11.2. The second-order valence-electron chi connectivity index (χ2n) is 9.88. The summed E-state index contributed by atoms with van der Waals surface area (Å²) in [6.07, 6.45) is 2.56. The van der Waals surface area contributed by atoms with Gasteiger partial charge in [0.25, 0.3) is 0 Å². The number of rotatable bonds is 5. The molecule has 2 aromatic rings. The number of anilines is 1. The van der Waals surface area contributed by atoms with Gasteiger partial charge in [0, 0.05) is 48.1 Å². The summed E-state index contributed by atoms with van der Waals surface area (Å²) in [4.78, 5) is 36.6. The fraction of sp³-hybridized carbons (Fsp3) is 0.520. The second-order valence-corrected chi connectivity index (χ2v) is 9.88. The number of nitrogens with zero attached hydrogens (tertiary/aromatic N) is 3. The van der Waals surface area contributed by atoms with Crippen LogP contribution in [0, 0.1) is 25.1 Å². The van der Waals surface area contributed by atoms with Crippen molar-refractivity contribution in [3.05, 3.63) is 52.9 Å². The molecule has 1 aromatic heterocycles. The first-order chi connectivity index (χ1) is 15.0. The summed E-state index contributed by atoms with van der Waals surface area (Å²) in [6.45, 7) is 11.4. The minimum Gasteiger partial charge on any atom is -0.342 e. The van der Waals surface area contributed by atoms with E-state index in [1.165, 1.54) is 24.3 Å². The standard InChI is InChI=1S/C25H33FN4O2/c1-16-21(13-22(31)29-20-10-8-19(26)9-11-20)17(2)28-24(27-16)18-7-6-12-30(15-18)23(32)14-25(3,4)5/h8-11,18H,6-7,12-15H2,1-5H3,(H,29,31)/t18-/m0/s1. The summed E-state index contributed by atoms with van der Waals surface area (Å²) >= 11 is 0. The van der Waals surface area contributed by atoms with Gasteiger partial charge >= 0.3 is 0 Å². The number of piperidine rings is 1. The van der Waals surface area contributed by atoms with Crippen LogP contribution in [0.3, 0.4) is 0 Å². The predicted octanol–water partition coefficient (Wildman–Crippen LogP) is 4.56. The average molecular weight is 441 g/mol. The molecule has 1 N–H and O–H groups in total. The summed E-state index contributed by atoms with van der Waals surface area (Å²) < 4.78 is 13.1. The van der Waals surface area contributed by atoms with Crippen molar-refractivity contribution < 1.29 is 14.0 Å². The van der Waals surface area contributed by atoms with Crippen molar-refractivity contribution in [2.24, 2.45) is 5.41 Å². The molecule has 1 atom stereocenters. The van der Waals surface area contributed by atoms with Crippen molar-refractivity contribution >= 4 is 17.5 Å². The molecule has 0 radical (unpaired) electrons. The number of aryl methyl sites for hydroxylation is 2. The van der Waals surface area contributed by atoms with Gasteiger partial charge in [0.2, 0.25) is 11.8 Å². The van der Waals surface area contributed by atoms with E-state index in [1.54, 1.807) is 0 Å². The second kappa shape index (κ2) is 9.76. The SMILES string of the molecule is Cc1nc([C@H]2CCCN(C(=O)CC(C)(C)C)C2)nc(C)c1CC(=O)Nc1ccc(F)cc1. The molecule has 3 rings (SSSR count). The lowest BCUT2D eigenvalue weighted by atomic mass is 9.90. The van der Waals surface area contributed by atoms with Gasteiger partial charge in [-0.25, -0.2) is 14.4 Å². The number of carbonyl (C=O) groups excluding carboxylic acids is 2. The summed E-state index contributed by atoms with van der Waals surface area (Å²) in [5, 5.41) is 2.78. The van der Waals surface area contributed by atoms with E-state index in [-0.39, 0.29) is 35.4 Å². The van der Waals surface area contributed by atoms with Gasteiger partial charge in [-0.2, -0.15) is 0 Å². The van der Waals surface area contributed by atoms with Crippen molar-refractivity contribution in [2.45, 2.75) is 66.2 Å². The van der Waals surface area contributed by atoms with Crippen LogP contribution in [0.1, 0.15) is 68.7 Å². The van der Waals surface area contributed by atoms with Crippen LogP contribution in [-0.4, -0.2) is 39.8 Å². The number of hydrogen-bond donors (Lipinski definition) is 1. The largest absolute Gasteiger partial charge is 0.342 e. The fourth-order valence-electron chi connectivity index (χ4n) is 4.08. The molecule has 0 bridgehead atoms. The van der Waals surface area contributed by atoms with E-state index in [0.717, 1.165) is 42.2 Å². The van der Waals surface area contributed by atoms with E-state index >= 15 is 0 Å². The van der Waals surface area contributed by atoms with Gasteiger partial charge in [0.15, 0.2) is 0 Å². The van der Waals surface area contributed by atoms with E-state index in [2.05, 4.69) is 26.1 Å². The Bertz CT molecular complexity index is 959. The Morgan fingerprint density at radius 3 is 2.34 bits per heavy atom. The molecule has 1 aliphatic heterocycles. The topological polar surface area (TPSA) is 75.2 Å². The molecule has 7 heteroatoms. The number of likely N-dealkylation sites (tertiary alicyclic amines) is 1. The molecule has 172 valence electrons. The van der Waals surface area contributed by atoms with Crippen LogP contribution in [-0.2, 0) is 16.0 Å². The maximum absolute atomic E-state index is 13.1. The maximum Gasteiger partial charge on any atom is 0.228 e. The van der Waals surface area contributed by atoms with Crippen LogP contribution in [0.4, 0.5) is 10.1 Å². The third-order valence-corrected chi connectivity index (χ3v) is 5.72. The number of aromatic nitrogens is 2. The third-order valence-electron chi connectivity index (χ3n) is 5.72. The van der Waals surface area contributed by atoms with Crippen LogP contribution in [0.15, 0.2) is 24.3 Å². The Morgan fingerprint density at radius 1 is 1.12 bits per heavy atom. The summed E-state index contributed by atoms with van der Waals surface area (Å²) in [6, 6.07) is 5.68. The molecule has 1 aromatic carbocycles. The fourth-order valence-corrected chi connectivity index (χ4v) is 4.08. The molecule has 0 saturated carbocycles. The zero-order valence-electron chi connectivity index (χ0n) is 19.7. The van der Waals surface area contributed by atoms with Crippen LogP contribution in [0.25, 0.3) is 0 Å². The third kappa shape index (κ3) is 6.34. The van der Waals surface area contributed by atoms with E-state index < -0.39 is 0 Å². The van der Waals surface area contributed by atoms with Gasteiger partial charge in [-0.1, -0.05) is 20.8 Å². The number of carbonyl (C=O) groups is 2. The smallest absolute Gasteiger partial charge is 0.228 e. The monoisotopic (exact) mass is 440 g/mol. The van der Waals surface area contributed by atoms with E-state index in [1.807, 2.05) is 18.7 Å². The zero-order chi connectivity index (χ0) is 23.5. The lowest BCUT2D eigenvalue weighted by molar-refractivity contribution is -0.134. The molecule has 1 aliphatic rings. The van der Waals surface area contributed by atoms with Crippen LogP contribution >= 0.6 is 0 Å². The minimum absolute atomic E-state index is 0.0379. The van der Waals surface area contributed by atoms with Crippen molar-refractivity contribution in [1.82, 2.24) is 14.9 Å². The number of nitrogens with one attached hydrogen (secondary N) is 1. The first-order valence-electron chi connectivity index (χ1n) is 11.2. The molecule has 6 nitrogen and oxygen atoms in total. The van der Waals surface area contributed by atoms with Gasteiger partial charge in [-0.15, -0.1) is 0 Å². The molecule has 2 amide bonds. The minimum atomic E-state index is -0.347. The van der Waals surface area contributed by atoms with E-state index in [0.29, 0.717) is 18.7 Å². The highest BCUT2D eigenvalue weighted by Crippen LogP contribution is 2.28. The van der Waals surface area contributed by atoms with Gasteiger partial charge in [-0.05, 0) is 56.4 Å². The Kier molecular flexibility index (Phi) is 7.26. The van der Waals surface area contributed by atoms with Crippen LogP contribution in [0.5, 0.6) is 0 Å². The Labute approximate surface area is 189 Å². The Morgan fingerprint density at radius 2 is 1.75 bits per heavy atom. The normalized spacial score (nSPS) is 16.7. The highest BCUT2D eigenvalue weighted by molar-refractivity contribution is 5.92. The van der Waals surface area contributed by atoms with E-state index in [9.17, 15) is 14.0 Å². The van der Waals surface area contributed by atoms with Gasteiger partial charge in [-0.3, -0.25) is 9.59 Å². The number of hydrogen-bond acceptors (Lipinski definition) is 4. The van der Waals surface area contributed by atoms with Crippen molar-refractivity contribution in [3.8, 4) is 0 Å². The molecular formula is C25H33FN4O2. The summed E-state index contributed by atoms with van der Waals surface area (Å²) in [5.41, 5.74) is 2.86. The van der Waals surface area contributed by atoms with Crippen molar-refractivity contribution in [1.29, 1.82) is 0 Å². The number of benzene rings is 1. The molecule has 0 aliphatic carbocycles. The maximum atomic E-state index is 13.1. The molecular weight excluding hydrogens is 407 g/mol. The van der Waals surface area contributed by atoms with Crippen LogP contribution in [0.2, 0.25) is 0 Å². The highest BCUT2D eigenvalue weighted by atomic mass is 19.1. The van der Waals surface area contributed by atoms with Gasteiger partial charge in [0.1, 0.15) is 11.6 Å². The summed E-state index contributed by atoms with van der Waals surface area (Å²) in [7, 11) is 0. The lowest BCUT2D eigenvalue weighted by Crippen LogP contribution is -2.41. The van der Waals surface area contributed by atoms with Gasteiger partial charge < -0.3 is 10.2 Å². The van der Waals surface area contributed by atoms with Gasteiger partial charge in [0.05, 0.1) is 6.42 Å². The quantitative estimate of drug-likeness (QED) is 0.740. The van der Waals surface area contributed by atoms with Crippen molar-refractivity contribution in [2.75, 3.05) is 18.4 Å². The average Bonchev–Trinajstić information content (AvgIpc) is 2.71. The zero-order valence-corrected chi connectivity index (χ0v) is 19.7. The van der Waals surface area contributed by atoms with Crippen molar-refractivity contribution in [3.63, 3.8) is 0 Å². The molecule has 1 fully saturated rings. The lowest BCUT2D eigenvalue weighted by Gasteiger charge is -2.34. The number of halogens is 1. The predicted molar refractivity (Wildman–Crippen MR) is 123 cm³/mol. The molecule has 0 unspecified atom stereocenters. The molecule has 1 saturated heterocycles. The van der Waals surface area contributed by atoms with Crippen LogP contribution < -0.4 is 5.32 Å². The molecule has 0 spiro atoms. The highest BCUT2D eigenvalue weighted by Gasteiger charge is 2.29.